The average Bonchev–Trinajstić information content (AvgIpc) is 3.30. The van der Waals surface area contributed by atoms with Crippen molar-refractivity contribution in [2.75, 3.05) is 12.0 Å². The first-order chi connectivity index (χ1) is 15.2. The van der Waals surface area contributed by atoms with Crippen molar-refractivity contribution in [3.63, 3.8) is 0 Å². The molecule has 1 fully saturated rings. The average molecular weight is 496 g/mol. The molecule has 1 atom stereocenters. The highest BCUT2D eigenvalue weighted by molar-refractivity contribution is 9.10. The molecule has 7 heteroatoms. The van der Waals surface area contributed by atoms with Gasteiger partial charge < -0.3 is 14.3 Å². The van der Waals surface area contributed by atoms with E-state index in [1.807, 2.05) is 19.9 Å². The highest BCUT2D eigenvalue weighted by Gasteiger charge is 2.48. The maximum atomic E-state index is 13.2. The van der Waals surface area contributed by atoms with Gasteiger partial charge in [0.25, 0.3) is 11.7 Å². The molecule has 3 aromatic rings. The van der Waals surface area contributed by atoms with E-state index >= 15 is 0 Å². The lowest BCUT2D eigenvalue weighted by Crippen LogP contribution is -2.29. The minimum absolute atomic E-state index is 0.0167. The van der Waals surface area contributed by atoms with Crippen molar-refractivity contribution in [1.82, 2.24) is 0 Å². The number of aliphatic hydroxyl groups is 1. The van der Waals surface area contributed by atoms with Gasteiger partial charge in [-0.2, -0.15) is 0 Å². The molecule has 2 aromatic carbocycles. The van der Waals surface area contributed by atoms with E-state index in [2.05, 4.69) is 15.9 Å². The Balaban J connectivity index is 1.97. The molecule has 32 heavy (non-hydrogen) atoms. The van der Waals surface area contributed by atoms with Crippen LogP contribution in [0, 0.1) is 20.8 Å². The van der Waals surface area contributed by atoms with Crippen molar-refractivity contribution in [2.45, 2.75) is 26.8 Å². The van der Waals surface area contributed by atoms with Crippen molar-refractivity contribution in [1.29, 1.82) is 0 Å². The van der Waals surface area contributed by atoms with E-state index in [4.69, 9.17) is 9.15 Å². The Hall–Kier alpha value is -3.32. The number of anilines is 1. The van der Waals surface area contributed by atoms with E-state index in [9.17, 15) is 14.7 Å². The Kier molecular flexibility index (Phi) is 5.69. The normalized spacial score (nSPS) is 17.8. The zero-order chi connectivity index (χ0) is 23.2. The van der Waals surface area contributed by atoms with Crippen LogP contribution in [0.2, 0.25) is 0 Å². The molecule has 1 aromatic heterocycles. The third-order valence-electron chi connectivity index (χ3n) is 5.56. The number of carbonyl (C=O) groups is 2. The summed E-state index contributed by atoms with van der Waals surface area (Å²) in [4.78, 5) is 27.7. The number of halogens is 1. The molecule has 1 aliphatic rings. The number of Topliss-reactive ketones (excluding diaryl/α,β-unsaturated/α-hetero) is 1. The topological polar surface area (TPSA) is 80.0 Å². The lowest BCUT2D eigenvalue weighted by Gasteiger charge is -2.24. The summed E-state index contributed by atoms with van der Waals surface area (Å²) < 4.78 is 11.9. The Morgan fingerprint density at radius 2 is 1.81 bits per heavy atom. The van der Waals surface area contributed by atoms with Gasteiger partial charge in [0.15, 0.2) is 0 Å². The van der Waals surface area contributed by atoms with E-state index in [1.165, 1.54) is 4.90 Å². The highest BCUT2D eigenvalue weighted by Crippen LogP contribution is 2.43. The van der Waals surface area contributed by atoms with Gasteiger partial charge in [-0.1, -0.05) is 22.0 Å². The summed E-state index contributed by atoms with van der Waals surface area (Å²) in [5, 5.41) is 11.3. The van der Waals surface area contributed by atoms with Crippen LogP contribution in [0.5, 0.6) is 5.75 Å². The second kappa shape index (κ2) is 8.31. The maximum Gasteiger partial charge on any atom is 0.300 e. The highest BCUT2D eigenvalue weighted by atomic mass is 79.9. The molecule has 164 valence electrons. The summed E-state index contributed by atoms with van der Waals surface area (Å²) in [6, 6.07) is 13.2. The Bertz CT molecular complexity index is 1270. The largest absolute Gasteiger partial charge is 0.507 e. The van der Waals surface area contributed by atoms with E-state index in [0.29, 0.717) is 34.1 Å². The minimum atomic E-state index is -0.903. The third kappa shape index (κ3) is 3.62. The second-order valence-electron chi connectivity index (χ2n) is 7.73. The number of rotatable bonds is 4. The zero-order valence-electron chi connectivity index (χ0n) is 18.1. The maximum absolute atomic E-state index is 13.2. The zero-order valence-corrected chi connectivity index (χ0v) is 19.7. The van der Waals surface area contributed by atoms with Crippen LogP contribution in [0.4, 0.5) is 5.69 Å². The van der Waals surface area contributed by atoms with Crippen LogP contribution in [0.3, 0.4) is 0 Å². The molecule has 6 nitrogen and oxygen atoms in total. The molecule has 0 spiro atoms. The standard InChI is InChI=1S/C25H22BrNO5/c1-13-11-20(31-4)14(2)10-18(13)23(28)21-22(19-9-8-15(3)32-19)27(25(30)24(21)29)17-7-5-6-16(26)12-17/h5-12,22,28H,1-4H3/b23-21+. The van der Waals surface area contributed by atoms with Crippen LogP contribution in [0.15, 0.2) is 63.0 Å². The number of hydrogen-bond acceptors (Lipinski definition) is 5. The number of furan rings is 1. The van der Waals surface area contributed by atoms with Gasteiger partial charge in [0.1, 0.15) is 29.1 Å². The number of ether oxygens (including phenoxy) is 1. The van der Waals surface area contributed by atoms with Gasteiger partial charge in [0, 0.05) is 15.7 Å². The number of carbonyl (C=O) groups excluding carboxylic acids is 2. The minimum Gasteiger partial charge on any atom is -0.507 e. The summed E-state index contributed by atoms with van der Waals surface area (Å²) in [6.45, 7) is 5.45. The van der Waals surface area contributed by atoms with E-state index < -0.39 is 17.7 Å². The van der Waals surface area contributed by atoms with Crippen LogP contribution in [0.25, 0.3) is 5.76 Å². The van der Waals surface area contributed by atoms with Crippen molar-refractivity contribution in [2.24, 2.45) is 0 Å². The Morgan fingerprint density at radius 3 is 2.44 bits per heavy atom. The first-order valence-electron chi connectivity index (χ1n) is 10.0. The smallest absolute Gasteiger partial charge is 0.300 e. The molecule has 1 aliphatic heterocycles. The molecule has 0 saturated carbocycles. The SMILES string of the molecule is COc1cc(C)c(/C(O)=C2\C(=O)C(=O)N(c3cccc(Br)c3)C2c2ccc(C)o2)cc1C. The van der Waals surface area contributed by atoms with Gasteiger partial charge in [0.05, 0.1) is 12.7 Å². The molecule has 0 radical (unpaired) electrons. The van der Waals surface area contributed by atoms with Gasteiger partial charge in [-0.15, -0.1) is 0 Å². The summed E-state index contributed by atoms with van der Waals surface area (Å²) in [5.74, 6) is -0.0431. The number of amides is 1. The molecule has 2 heterocycles. The van der Waals surface area contributed by atoms with Crippen molar-refractivity contribution in [3.8, 4) is 5.75 Å². The molecular formula is C25H22BrNO5. The van der Waals surface area contributed by atoms with Gasteiger partial charge in [0.2, 0.25) is 0 Å². The summed E-state index contributed by atoms with van der Waals surface area (Å²) in [6.07, 6.45) is 0. The van der Waals surface area contributed by atoms with Gasteiger partial charge in [-0.25, -0.2) is 0 Å². The summed E-state index contributed by atoms with van der Waals surface area (Å²) in [5.41, 5.74) is 2.47. The molecule has 1 N–H and O–H groups in total. The van der Waals surface area contributed by atoms with Crippen molar-refractivity contribution in [3.05, 3.63) is 86.8 Å². The van der Waals surface area contributed by atoms with Gasteiger partial charge >= 0.3 is 0 Å². The lowest BCUT2D eigenvalue weighted by molar-refractivity contribution is -0.132. The Labute approximate surface area is 194 Å². The molecule has 1 unspecified atom stereocenters. The molecule has 1 amide bonds. The van der Waals surface area contributed by atoms with Crippen LogP contribution in [-0.2, 0) is 9.59 Å². The third-order valence-corrected chi connectivity index (χ3v) is 6.05. The first-order valence-corrected chi connectivity index (χ1v) is 10.8. The first kappa shape index (κ1) is 21.9. The summed E-state index contributed by atoms with van der Waals surface area (Å²) >= 11 is 3.42. The number of aliphatic hydroxyl groups excluding tert-OH is 1. The van der Waals surface area contributed by atoms with Crippen LogP contribution < -0.4 is 9.64 Å². The molecule has 0 aliphatic carbocycles. The van der Waals surface area contributed by atoms with Gasteiger partial charge in [-0.05, 0) is 74.4 Å². The van der Waals surface area contributed by atoms with E-state index in [0.717, 1.165) is 10.0 Å². The molecular weight excluding hydrogens is 474 g/mol. The summed E-state index contributed by atoms with van der Waals surface area (Å²) in [7, 11) is 1.57. The number of ketones is 1. The second-order valence-corrected chi connectivity index (χ2v) is 8.65. The predicted molar refractivity (Wildman–Crippen MR) is 125 cm³/mol. The fourth-order valence-corrected chi connectivity index (χ4v) is 4.39. The fraction of sp³-hybridized carbons (Fsp3) is 0.200. The van der Waals surface area contributed by atoms with E-state index in [1.54, 1.807) is 56.5 Å². The van der Waals surface area contributed by atoms with Crippen molar-refractivity contribution >= 4 is 39.1 Å². The molecule has 0 bridgehead atoms. The quantitative estimate of drug-likeness (QED) is 0.289. The molecule has 1 saturated heterocycles. The number of aryl methyl sites for hydroxylation is 3. The number of nitrogens with zero attached hydrogens (tertiary/aromatic N) is 1. The lowest BCUT2D eigenvalue weighted by atomic mass is 9.95. The predicted octanol–water partition coefficient (Wildman–Crippen LogP) is 5.60. The number of methoxy groups -OCH3 is 1. The van der Waals surface area contributed by atoms with Crippen LogP contribution in [-0.4, -0.2) is 23.9 Å². The number of benzene rings is 2. The van der Waals surface area contributed by atoms with Crippen molar-refractivity contribution < 1.29 is 23.8 Å². The Morgan fingerprint density at radius 1 is 1.06 bits per heavy atom. The van der Waals surface area contributed by atoms with Crippen LogP contribution in [0.1, 0.15) is 34.3 Å². The van der Waals surface area contributed by atoms with Gasteiger partial charge in [-0.3, -0.25) is 14.5 Å². The monoisotopic (exact) mass is 495 g/mol. The number of hydrogen-bond donors (Lipinski definition) is 1. The van der Waals surface area contributed by atoms with E-state index in [-0.39, 0.29) is 11.3 Å². The van der Waals surface area contributed by atoms with Crippen LogP contribution >= 0.6 is 15.9 Å². The fourth-order valence-electron chi connectivity index (χ4n) is 4.00. The molecule has 4 rings (SSSR count).